The van der Waals surface area contributed by atoms with Crippen molar-refractivity contribution >= 4 is 29.3 Å². The molecule has 0 aliphatic rings. The van der Waals surface area contributed by atoms with Crippen LogP contribution < -0.4 is 14.8 Å². The molecule has 1 atom stereocenters. The van der Waals surface area contributed by atoms with Gasteiger partial charge < -0.3 is 14.8 Å². The molecular weight excluding hydrogens is 346 g/mol. The summed E-state index contributed by atoms with van der Waals surface area (Å²) in [6.07, 6.45) is 0. The van der Waals surface area contributed by atoms with Crippen LogP contribution in [0.15, 0.2) is 47.4 Å². The standard InChI is InChI=1S/C18H20ClNO3S/c1-12(18(21)20-11-13-6-4-5-7-15(13)19)24-14-8-9-16(22-2)17(10-14)23-3/h4-10,12H,11H2,1-3H3,(H,20,21)/t12-/m1/s1. The van der Waals surface area contributed by atoms with Crippen molar-refractivity contribution in [2.75, 3.05) is 14.2 Å². The third-order valence-electron chi connectivity index (χ3n) is 3.45. The average Bonchev–Trinajstić information content (AvgIpc) is 2.60. The molecule has 2 aromatic carbocycles. The minimum Gasteiger partial charge on any atom is -0.493 e. The zero-order valence-corrected chi connectivity index (χ0v) is 15.4. The van der Waals surface area contributed by atoms with Crippen molar-refractivity contribution in [3.63, 3.8) is 0 Å². The highest BCUT2D eigenvalue weighted by atomic mass is 35.5. The summed E-state index contributed by atoms with van der Waals surface area (Å²) in [6.45, 7) is 2.28. The Balaban J connectivity index is 1.95. The molecule has 6 heteroatoms. The van der Waals surface area contributed by atoms with E-state index in [2.05, 4.69) is 5.32 Å². The minimum absolute atomic E-state index is 0.0466. The maximum atomic E-state index is 12.3. The third kappa shape index (κ3) is 4.82. The van der Waals surface area contributed by atoms with E-state index in [-0.39, 0.29) is 11.2 Å². The van der Waals surface area contributed by atoms with Crippen molar-refractivity contribution in [3.05, 3.63) is 53.1 Å². The lowest BCUT2D eigenvalue weighted by atomic mass is 10.2. The van der Waals surface area contributed by atoms with E-state index in [1.54, 1.807) is 14.2 Å². The summed E-state index contributed by atoms with van der Waals surface area (Å²) in [5.41, 5.74) is 0.899. The highest BCUT2D eigenvalue weighted by molar-refractivity contribution is 8.00. The second kappa shape index (κ2) is 8.85. The van der Waals surface area contributed by atoms with Crippen LogP contribution in [0.3, 0.4) is 0 Å². The molecule has 0 aromatic heterocycles. The van der Waals surface area contributed by atoms with E-state index in [1.165, 1.54) is 11.8 Å². The lowest BCUT2D eigenvalue weighted by Crippen LogP contribution is -2.30. The molecule has 0 radical (unpaired) electrons. The fraction of sp³-hybridized carbons (Fsp3) is 0.278. The summed E-state index contributed by atoms with van der Waals surface area (Å²) < 4.78 is 10.5. The Morgan fingerprint density at radius 1 is 1.17 bits per heavy atom. The van der Waals surface area contributed by atoms with Gasteiger partial charge in [0.25, 0.3) is 0 Å². The number of hydrogen-bond donors (Lipinski definition) is 1. The number of rotatable bonds is 7. The van der Waals surface area contributed by atoms with Crippen molar-refractivity contribution in [3.8, 4) is 11.5 Å². The highest BCUT2D eigenvalue weighted by Crippen LogP contribution is 2.33. The second-order valence-corrected chi connectivity index (χ2v) is 6.91. The quantitative estimate of drug-likeness (QED) is 0.748. The Bertz CT molecular complexity index is 708. The van der Waals surface area contributed by atoms with Crippen LogP contribution in [0.4, 0.5) is 0 Å². The van der Waals surface area contributed by atoms with E-state index in [0.29, 0.717) is 23.1 Å². The molecule has 0 aliphatic carbocycles. The van der Waals surface area contributed by atoms with Gasteiger partial charge >= 0.3 is 0 Å². The van der Waals surface area contributed by atoms with Crippen LogP contribution in [-0.4, -0.2) is 25.4 Å². The zero-order chi connectivity index (χ0) is 17.5. The second-order valence-electron chi connectivity index (χ2n) is 5.09. The maximum absolute atomic E-state index is 12.3. The molecular formula is C18H20ClNO3S. The number of halogens is 1. The van der Waals surface area contributed by atoms with Gasteiger partial charge in [0.1, 0.15) is 0 Å². The summed E-state index contributed by atoms with van der Waals surface area (Å²) in [6, 6.07) is 13.1. The molecule has 0 aliphatic heterocycles. The van der Waals surface area contributed by atoms with Crippen molar-refractivity contribution in [2.24, 2.45) is 0 Å². The average molecular weight is 366 g/mol. The van der Waals surface area contributed by atoms with Crippen molar-refractivity contribution in [1.29, 1.82) is 0 Å². The first-order valence-electron chi connectivity index (χ1n) is 7.45. The Labute approximate surface area is 151 Å². The van der Waals surface area contributed by atoms with Gasteiger partial charge in [0, 0.05) is 16.5 Å². The van der Waals surface area contributed by atoms with Gasteiger partial charge in [-0.2, -0.15) is 0 Å². The number of nitrogens with one attached hydrogen (secondary N) is 1. The van der Waals surface area contributed by atoms with Gasteiger partial charge in [0.2, 0.25) is 5.91 Å². The molecule has 24 heavy (non-hydrogen) atoms. The number of thioether (sulfide) groups is 1. The fourth-order valence-corrected chi connectivity index (χ4v) is 3.24. The monoisotopic (exact) mass is 365 g/mol. The molecule has 128 valence electrons. The molecule has 0 fully saturated rings. The number of carbonyl (C=O) groups is 1. The van der Waals surface area contributed by atoms with Crippen LogP contribution in [0.25, 0.3) is 0 Å². The molecule has 0 spiro atoms. The normalized spacial score (nSPS) is 11.7. The summed E-state index contributed by atoms with van der Waals surface area (Å²) >= 11 is 7.56. The summed E-state index contributed by atoms with van der Waals surface area (Å²) in [7, 11) is 3.18. The lowest BCUT2D eigenvalue weighted by Gasteiger charge is -2.14. The van der Waals surface area contributed by atoms with E-state index in [9.17, 15) is 4.79 Å². The summed E-state index contributed by atoms with van der Waals surface area (Å²) in [5, 5.41) is 3.32. The molecule has 2 aromatic rings. The lowest BCUT2D eigenvalue weighted by molar-refractivity contribution is -0.120. The van der Waals surface area contributed by atoms with Crippen molar-refractivity contribution < 1.29 is 14.3 Å². The van der Waals surface area contributed by atoms with Crippen LogP contribution >= 0.6 is 23.4 Å². The van der Waals surface area contributed by atoms with Crippen molar-refractivity contribution in [2.45, 2.75) is 23.6 Å². The Morgan fingerprint density at radius 2 is 1.88 bits per heavy atom. The molecule has 1 amide bonds. The first kappa shape index (κ1) is 18.5. The number of hydrogen-bond acceptors (Lipinski definition) is 4. The predicted octanol–water partition coefficient (Wildman–Crippen LogP) is 4.15. The van der Waals surface area contributed by atoms with Crippen LogP contribution in [0.2, 0.25) is 5.02 Å². The van der Waals surface area contributed by atoms with E-state index in [4.69, 9.17) is 21.1 Å². The van der Waals surface area contributed by atoms with Crippen LogP contribution in [-0.2, 0) is 11.3 Å². The molecule has 0 bridgehead atoms. The van der Waals surface area contributed by atoms with E-state index in [0.717, 1.165) is 10.5 Å². The molecule has 1 N–H and O–H groups in total. The van der Waals surface area contributed by atoms with E-state index in [1.807, 2.05) is 49.4 Å². The molecule has 0 saturated carbocycles. The topological polar surface area (TPSA) is 47.6 Å². The number of methoxy groups -OCH3 is 2. The van der Waals surface area contributed by atoms with Crippen LogP contribution in [0.1, 0.15) is 12.5 Å². The molecule has 0 saturated heterocycles. The Morgan fingerprint density at radius 3 is 2.54 bits per heavy atom. The van der Waals surface area contributed by atoms with Crippen LogP contribution in [0, 0.1) is 0 Å². The molecule has 4 nitrogen and oxygen atoms in total. The van der Waals surface area contributed by atoms with Gasteiger partial charge in [0.15, 0.2) is 11.5 Å². The smallest absolute Gasteiger partial charge is 0.233 e. The molecule has 2 rings (SSSR count). The fourth-order valence-electron chi connectivity index (χ4n) is 2.12. The first-order chi connectivity index (χ1) is 11.5. The zero-order valence-electron chi connectivity index (χ0n) is 13.8. The maximum Gasteiger partial charge on any atom is 0.233 e. The first-order valence-corrected chi connectivity index (χ1v) is 8.70. The SMILES string of the molecule is COc1ccc(S[C@H](C)C(=O)NCc2ccccc2Cl)cc1OC. The van der Waals surface area contributed by atoms with Gasteiger partial charge in [-0.15, -0.1) is 11.8 Å². The third-order valence-corrected chi connectivity index (χ3v) is 4.91. The largest absolute Gasteiger partial charge is 0.493 e. The number of ether oxygens (including phenoxy) is 2. The predicted molar refractivity (Wildman–Crippen MR) is 98.2 cm³/mol. The molecule has 0 heterocycles. The highest BCUT2D eigenvalue weighted by Gasteiger charge is 2.15. The van der Waals surface area contributed by atoms with Gasteiger partial charge in [-0.05, 0) is 36.8 Å². The van der Waals surface area contributed by atoms with Crippen molar-refractivity contribution in [1.82, 2.24) is 5.32 Å². The number of carbonyl (C=O) groups excluding carboxylic acids is 1. The van der Waals surface area contributed by atoms with Gasteiger partial charge in [-0.25, -0.2) is 0 Å². The van der Waals surface area contributed by atoms with E-state index < -0.39 is 0 Å². The van der Waals surface area contributed by atoms with Gasteiger partial charge in [-0.3, -0.25) is 4.79 Å². The Hall–Kier alpha value is -1.85. The van der Waals surface area contributed by atoms with E-state index >= 15 is 0 Å². The summed E-state index contributed by atoms with van der Waals surface area (Å²) in [5.74, 6) is 1.26. The minimum atomic E-state index is -0.245. The summed E-state index contributed by atoms with van der Waals surface area (Å²) in [4.78, 5) is 13.2. The Kier molecular flexibility index (Phi) is 6.82. The number of benzene rings is 2. The van der Waals surface area contributed by atoms with Gasteiger partial charge in [0.05, 0.1) is 19.5 Å². The number of amides is 1. The molecule has 0 unspecified atom stereocenters. The van der Waals surface area contributed by atoms with Gasteiger partial charge in [-0.1, -0.05) is 29.8 Å². The van der Waals surface area contributed by atoms with Crippen LogP contribution in [0.5, 0.6) is 11.5 Å².